The number of nitrogens with one attached hydrogen (secondary N) is 2. The fourth-order valence-electron chi connectivity index (χ4n) is 3.94. The van der Waals surface area contributed by atoms with E-state index in [1.165, 1.54) is 22.1 Å². The molecular formula is C23H27N3O5S2. The third-order valence-corrected chi connectivity index (χ3v) is 8.86. The zero-order valence-corrected chi connectivity index (χ0v) is 20.2. The molecule has 2 aliphatic rings. The van der Waals surface area contributed by atoms with Crippen LogP contribution in [0.2, 0.25) is 0 Å². The van der Waals surface area contributed by atoms with Gasteiger partial charge in [-0.25, -0.2) is 8.42 Å². The number of carbonyl (C=O) groups is 2. The van der Waals surface area contributed by atoms with E-state index >= 15 is 0 Å². The van der Waals surface area contributed by atoms with Crippen molar-refractivity contribution in [2.45, 2.75) is 41.7 Å². The minimum absolute atomic E-state index is 0.137. The number of hydrogen-bond donors (Lipinski definition) is 2. The molecule has 176 valence electrons. The first-order valence-electron chi connectivity index (χ1n) is 10.9. The standard InChI is InChI=1S/C23H27N3O5S2/c1-3-31-20-7-5-4-6-18(20)24-23(28)16-10-12-26(13-11-16)33(29,30)17-8-9-21-19(14-17)25-22(27)15(2)32-21/h4-9,14-16H,3,10-13H2,1-2H3,(H,24,28)(H,25,27). The molecule has 2 aromatic rings. The van der Waals surface area contributed by atoms with Crippen molar-refractivity contribution in [3.8, 4) is 5.75 Å². The molecule has 8 nitrogen and oxygen atoms in total. The number of carbonyl (C=O) groups excluding carboxylic acids is 2. The number of thioether (sulfide) groups is 1. The van der Waals surface area contributed by atoms with E-state index in [2.05, 4.69) is 10.6 Å². The first-order chi connectivity index (χ1) is 15.8. The lowest BCUT2D eigenvalue weighted by molar-refractivity contribution is -0.121. The molecule has 2 heterocycles. The third kappa shape index (κ3) is 5.02. The highest BCUT2D eigenvalue weighted by Gasteiger charge is 2.33. The summed E-state index contributed by atoms with van der Waals surface area (Å²) < 4.78 is 33.4. The fourth-order valence-corrected chi connectivity index (χ4v) is 6.37. The Hall–Kier alpha value is -2.56. The van der Waals surface area contributed by atoms with Gasteiger partial charge in [0.1, 0.15) is 5.75 Å². The van der Waals surface area contributed by atoms with Gasteiger partial charge in [0.15, 0.2) is 0 Å². The molecular weight excluding hydrogens is 462 g/mol. The highest BCUT2D eigenvalue weighted by Crippen LogP contribution is 2.37. The van der Waals surface area contributed by atoms with Gasteiger partial charge in [-0.3, -0.25) is 9.59 Å². The van der Waals surface area contributed by atoms with Crippen LogP contribution in [0.25, 0.3) is 0 Å². The lowest BCUT2D eigenvalue weighted by Gasteiger charge is -2.31. The van der Waals surface area contributed by atoms with Crippen LogP contribution in [0.1, 0.15) is 26.7 Å². The lowest BCUT2D eigenvalue weighted by atomic mass is 9.97. The van der Waals surface area contributed by atoms with E-state index in [1.807, 2.05) is 26.0 Å². The number of ether oxygens (including phenoxy) is 1. The second-order valence-corrected chi connectivity index (χ2v) is 11.3. The highest BCUT2D eigenvalue weighted by molar-refractivity contribution is 8.01. The van der Waals surface area contributed by atoms with Crippen molar-refractivity contribution in [1.29, 1.82) is 0 Å². The van der Waals surface area contributed by atoms with Crippen molar-refractivity contribution < 1.29 is 22.7 Å². The van der Waals surface area contributed by atoms with Gasteiger partial charge in [-0.2, -0.15) is 4.31 Å². The minimum Gasteiger partial charge on any atom is -0.492 e. The zero-order valence-electron chi connectivity index (χ0n) is 18.5. The van der Waals surface area contributed by atoms with E-state index in [0.29, 0.717) is 36.6 Å². The quantitative estimate of drug-likeness (QED) is 0.643. The monoisotopic (exact) mass is 489 g/mol. The Labute approximate surface area is 198 Å². The Morgan fingerprint density at radius 2 is 1.94 bits per heavy atom. The second-order valence-electron chi connectivity index (χ2n) is 8.00. The third-order valence-electron chi connectivity index (χ3n) is 5.79. The Balaban J connectivity index is 1.41. The molecule has 1 fully saturated rings. The minimum atomic E-state index is -3.73. The van der Waals surface area contributed by atoms with Crippen molar-refractivity contribution in [2.24, 2.45) is 5.92 Å². The van der Waals surface area contributed by atoms with Crippen LogP contribution in [0.15, 0.2) is 52.3 Å². The molecule has 0 saturated carbocycles. The van der Waals surface area contributed by atoms with Crippen molar-refractivity contribution >= 4 is 45.0 Å². The lowest BCUT2D eigenvalue weighted by Crippen LogP contribution is -2.41. The van der Waals surface area contributed by atoms with Gasteiger partial charge < -0.3 is 15.4 Å². The molecule has 1 atom stereocenters. The molecule has 0 bridgehead atoms. The van der Waals surface area contributed by atoms with Crippen molar-refractivity contribution in [3.63, 3.8) is 0 Å². The zero-order chi connectivity index (χ0) is 23.6. The average Bonchev–Trinajstić information content (AvgIpc) is 2.81. The molecule has 33 heavy (non-hydrogen) atoms. The maximum absolute atomic E-state index is 13.2. The number of fused-ring (bicyclic) bond motifs is 1. The largest absolute Gasteiger partial charge is 0.492 e. The summed E-state index contributed by atoms with van der Waals surface area (Å²) in [5.41, 5.74) is 1.13. The van der Waals surface area contributed by atoms with Crippen LogP contribution >= 0.6 is 11.8 Å². The van der Waals surface area contributed by atoms with Crippen molar-refractivity contribution in [3.05, 3.63) is 42.5 Å². The number of hydrogen-bond acceptors (Lipinski definition) is 6. The summed E-state index contributed by atoms with van der Waals surface area (Å²) in [5, 5.41) is 5.48. The van der Waals surface area contributed by atoms with Crippen LogP contribution < -0.4 is 15.4 Å². The number of benzene rings is 2. The summed E-state index contributed by atoms with van der Waals surface area (Å²) in [6.07, 6.45) is 0.855. The van der Waals surface area contributed by atoms with Gasteiger partial charge in [0.25, 0.3) is 0 Å². The van der Waals surface area contributed by atoms with Crippen LogP contribution in [-0.2, 0) is 19.6 Å². The SMILES string of the molecule is CCOc1ccccc1NC(=O)C1CCN(S(=O)(=O)c2ccc3c(c2)NC(=O)C(C)S3)CC1. The van der Waals surface area contributed by atoms with Gasteiger partial charge in [-0.1, -0.05) is 12.1 Å². The molecule has 1 saturated heterocycles. The van der Waals surface area contributed by atoms with E-state index < -0.39 is 10.0 Å². The molecule has 2 amide bonds. The molecule has 2 N–H and O–H groups in total. The summed E-state index contributed by atoms with van der Waals surface area (Å²) in [4.78, 5) is 25.8. The number of nitrogens with zero attached hydrogens (tertiary/aromatic N) is 1. The van der Waals surface area contributed by atoms with E-state index in [0.717, 1.165) is 4.90 Å². The Bertz CT molecular complexity index is 1160. The summed E-state index contributed by atoms with van der Waals surface area (Å²) in [7, 11) is -3.73. The summed E-state index contributed by atoms with van der Waals surface area (Å²) in [6, 6.07) is 12.1. The molecule has 0 aromatic heterocycles. The van der Waals surface area contributed by atoms with Gasteiger partial charge in [0, 0.05) is 23.9 Å². The van der Waals surface area contributed by atoms with Crippen LogP contribution in [0.4, 0.5) is 11.4 Å². The average molecular weight is 490 g/mol. The summed E-state index contributed by atoms with van der Waals surface area (Å²) in [5.74, 6) is 0.0499. The number of sulfonamides is 1. The number of amides is 2. The Morgan fingerprint density at radius 1 is 1.21 bits per heavy atom. The first-order valence-corrected chi connectivity index (χ1v) is 13.3. The van der Waals surface area contributed by atoms with Crippen molar-refractivity contribution in [2.75, 3.05) is 30.3 Å². The van der Waals surface area contributed by atoms with E-state index in [-0.39, 0.29) is 41.0 Å². The van der Waals surface area contributed by atoms with E-state index in [4.69, 9.17) is 4.74 Å². The van der Waals surface area contributed by atoms with Gasteiger partial charge in [-0.05, 0) is 57.0 Å². The van der Waals surface area contributed by atoms with Gasteiger partial charge in [0.05, 0.1) is 28.1 Å². The molecule has 2 aromatic carbocycles. The molecule has 2 aliphatic heterocycles. The molecule has 0 spiro atoms. The molecule has 10 heteroatoms. The van der Waals surface area contributed by atoms with Crippen molar-refractivity contribution in [1.82, 2.24) is 4.31 Å². The highest BCUT2D eigenvalue weighted by atomic mass is 32.2. The maximum Gasteiger partial charge on any atom is 0.243 e. The Kier molecular flexibility index (Phi) is 6.96. The fraction of sp³-hybridized carbons (Fsp3) is 0.391. The smallest absolute Gasteiger partial charge is 0.243 e. The molecule has 1 unspecified atom stereocenters. The van der Waals surface area contributed by atoms with Crippen LogP contribution in [0, 0.1) is 5.92 Å². The van der Waals surface area contributed by atoms with Gasteiger partial charge >= 0.3 is 0 Å². The van der Waals surface area contributed by atoms with E-state index in [1.54, 1.807) is 24.3 Å². The van der Waals surface area contributed by atoms with Gasteiger partial charge in [0.2, 0.25) is 21.8 Å². The number of para-hydroxylation sites is 2. The molecule has 0 aliphatic carbocycles. The second kappa shape index (κ2) is 9.74. The maximum atomic E-state index is 13.2. The van der Waals surface area contributed by atoms with Gasteiger partial charge in [-0.15, -0.1) is 11.8 Å². The predicted octanol–water partition coefficient (Wildman–Crippen LogP) is 3.56. The van der Waals surface area contributed by atoms with Crippen LogP contribution in [-0.4, -0.2) is 49.5 Å². The number of piperidine rings is 1. The number of anilines is 2. The van der Waals surface area contributed by atoms with Crippen LogP contribution in [0.3, 0.4) is 0 Å². The normalized spacial score (nSPS) is 19.5. The first kappa shape index (κ1) is 23.6. The molecule has 0 radical (unpaired) electrons. The van der Waals surface area contributed by atoms with E-state index in [9.17, 15) is 18.0 Å². The topological polar surface area (TPSA) is 105 Å². The molecule has 4 rings (SSSR count). The summed E-state index contributed by atoms with van der Waals surface area (Å²) in [6.45, 7) is 4.69. The number of rotatable bonds is 6. The van der Waals surface area contributed by atoms with Crippen LogP contribution in [0.5, 0.6) is 5.75 Å². The predicted molar refractivity (Wildman–Crippen MR) is 128 cm³/mol. The Morgan fingerprint density at radius 3 is 2.67 bits per heavy atom. The summed E-state index contributed by atoms with van der Waals surface area (Å²) >= 11 is 1.41.